The topological polar surface area (TPSA) is 68.1 Å². The minimum atomic E-state index is -4.59. The van der Waals surface area contributed by atoms with E-state index in [4.69, 9.17) is 0 Å². The van der Waals surface area contributed by atoms with Crippen molar-refractivity contribution < 1.29 is 21.6 Å². The van der Waals surface area contributed by atoms with E-state index < -0.39 is 21.8 Å². The van der Waals surface area contributed by atoms with Crippen LogP contribution in [0.1, 0.15) is 18.0 Å². The molecule has 0 aliphatic carbocycles. The monoisotopic (exact) mass is 346 g/mol. The Balaban J connectivity index is 1.85. The Bertz CT molecular complexity index is 790. The molecule has 1 aliphatic rings. The number of benzene rings is 1. The zero-order chi connectivity index (χ0) is 16.7. The fraction of sp³-hybridized carbons (Fsp3) is 0.385. The van der Waals surface area contributed by atoms with Crippen molar-refractivity contribution in [2.45, 2.75) is 23.5 Å². The van der Waals surface area contributed by atoms with Gasteiger partial charge in [0.2, 0.25) is 10.0 Å². The van der Waals surface area contributed by atoms with Gasteiger partial charge >= 0.3 is 6.18 Å². The second kappa shape index (κ2) is 5.60. The van der Waals surface area contributed by atoms with Crippen LogP contribution in [-0.2, 0) is 16.2 Å². The van der Waals surface area contributed by atoms with Gasteiger partial charge in [-0.3, -0.25) is 0 Å². The lowest BCUT2D eigenvalue weighted by atomic mass is 10.2. The maximum absolute atomic E-state index is 12.8. The molecule has 1 unspecified atom stereocenters. The highest BCUT2D eigenvalue weighted by Gasteiger charge is 2.36. The van der Waals surface area contributed by atoms with Crippen molar-refractivity contribution in [3.05, 3.63) is 42.2 Å². The number of aromatic nitrogens is 3. The van der Waals surface area contributed by atoms with Crippen LogP contribution >= 0.6 is 0 Å². The van der Waals surface area contributed by atoms with Gasteiger partial charge in [0.1, 0.15) is 0 Å². The number of hydrogen-bond donors (Lipinski definition) is 0. The van der Waals surface area contributed by atoms with E-state index in [9.17, 15) is 21.6 Å². The van der Waals surface area contributed by atoms with Crippen molar-refractivity contribution in [1.29, 1.82) is 0 Å². The summed E-state index contributed by atoms with van der Waals surface area (Å²) < 4.78 is 64.5. The molecule has 0 saturated carbocycles. The van der Waals surface area contributed by atoms with Crippen molar-refractivity contribution in [1.82, 2.24) is 19.3 Å². The average molecular weight is 346 g/mol. The number of sulfonamides is 1. The first-order valence-electron chi connectivity index (χ1n) is 6.82. The molecular formula is C13H13F3N4O2S. The van der Waals surface area contributed by atoms with E-state index in [2.05, 4.69) is 10.2 Å². The van der Waals surface area contributed by atoms with Gasteiger partial charge in [-0.25, -0.2) is 8.42 Å². The Morgan fingerprint density at radius 2 is 1.87 bits per heavy atom. The first-order chi connectivity index (χ1) is 10.8. The lowest BCUT2D eigenvalue weighted by molar-refractivity contribution is -0.137. The number of hydrogen-bond acceptors (Lipinski definition) is 4. The van der Waals surface area contributed by atoms with Crippen LogP contribution in [-0.4, -0.2) is 40.8 Å². The van der Waals surface area contributed by atoms with Crippen LogP contribution < -0.4 is 0 Å². The van der Waals surface area contributed by atoms with Gasteiger partial charge in [0.15, 0.2) is 0 Å². The molecule has 0 N–H and O–H groups in total. The Morgan fingerprint density at radius 3 is 2.52 bits per heavy atom. The zero-order valence-corrected chi connectivity index (χ0v) is 12.6. The van der Waals surface area contributed by atoms with Crippen LogP contribution in [0.25, 0.3) is 0 Å². The highest BCUT2D eigenvalue weighted by atomic mass is 32.2. The van der Waals surface area contributed by atoms with Crippen molar-refractivity contribution in [2.24, 2.45) is 0 Å². The zero-order valence-electron chi connectivity index (χ0n) is 11.8. The predicted octanol–water partition coefficient (Wildman–Crippen LogP) is 1.93. The Hall–Kier alpha value is -1.94. The van der Waals surface area contributed by atoms with Crippen LogP contribution in [0.3, 0.4) is 0 Å². The van der Waals surface area contributed by atoms with Gasteiger partial charge in [0.25, 0.3) is 0 Å². The lowest BCUT2D eigenvalue weighted by Gasteiger charge is -2.17. The molecular weight excluding hydrogens is 333 g/mol. The number of halogens is 3. The lowest BCUT2D eigenvalue weighted by Crippen LogP contribution is -2.29. The molecule has 1 atom stereocenters. The van der Waals surface area contributed by atoms with Crippen molar-refractivity contribution in [3.63, 3.8) is 0 Å². The molecule has 3 rings (SSSR count). The molecule has 124 valence electrons. The van der Waals surface area contributed by atoms with Crippen LogP contribution in [0.15, 0.2) is 41.6 Å². The molecule has 2 aromatic rings. The minimum absolute atomic E-state index is 0.132. The standard InChI is InChI=1S/C13H13F3N4O2S/c14-13(15,16)10-2-1-3-12(8-10)23(21,22)19-7-4-11(9-19)20-17-5-6-18-20/h1-3,5-6,8,11H,4,7,9H2. The molecule has 10 heteroatoms. The summed E-state index contributed by atoms with van der Waals surface area (Å²) >= 11 is 0. The van der Waals surface area contributed by atoms with Gasteiger partial charge in [0, 0.05) is 13.1 Å². The fourth-order valence-corrected chi connectivity index (χ4v) is 4.05. The summed E-state index contributed by atoms with van der Waals surface area (Å²) in [6, 6.07) is 3.56. The molecule has 1 aromatic heterocycles. The van der Waals surface area contributed by atoms with Crippen LogP contribution in [0.2, 0.25) is 0 Å². The van der Waals surface area contributed by atoms with Gasteiger partial charge in [-0.1, -0.05) is 6.07 Å². The normalized spacial score (nSPS) is 20.0. The molecule has 1 saturated heterocycles. The van der Waals surface area contributed by atoms with Gasteiger partial charge in [0.05, 0.1) is 28.9 Å². The van der Waals surface area contributed by atoms with E-state index in [1.807, 2.05) is 0 Å². The number of alkyl halides is 3. The summed E-state index contributed by atoms with van der Waals surface area (Å²) in [5.74, 6) is 0. The predicted molar refractivity (Wildman–Crippen MR) is 73.9 cm³/mol. The van der Waals surface area contributed by atoms with Crippen molar-refractivity contribution in [2.75, 3.05) is 13.1 Å². The summed E-state index contributed by atoms with van der Waals surface area (Å²) in [7, 11) is -3.98. The van der Waals surface area contributed by atoms with Gasteiger partial charge in [-0.2, -0.15) is 32.5 Å². The molecule has 1 aromatic carbocycles. The molecule has 2 heterocycles. The van der Waals surface area contributed by atoms with E-state index in [-0.39, 0.29) is 24.0 Å². The maximum Gasteiger partial charge on any atom is 0.416 e. The van der Waals surface area contributed by atoms with Gasteiger partial charge < -0.3 is 0 Å². The highest BCUT2D eigenvalue weighted by molar-refractivity contribution is 7.89. The van der Waals surface area contributed by atoms with E-state index in [0.717, 1.165) is 16.4 Å². The first-order valence-corrected chi connectivity index (χ1v) is 8.26. The second-order valence-corrected chi connectivity index (χ2v) is 7.12. The van der Waals surface area contributed by atoms with E-state index in [0.29, 0.717) is 12.5 Å². The summed E-state index contributed by atoms with van der Waals surface area (Å²) in [5.41, 5.74) is -0.983. The fourth-order valence-electron chi connectivity index (χ4n) is 2.51. The quantitative estimate of drug-likeness (QED) is 0.852. The van der Waals surface area contributed by atoms with E-state index >= 15 is 0 Å². The van der Waals surface area contributed by atoms with E-state index in [1.165, 1.54) is 23.3 Å². The molecule has 0 radical (unpaired) electrons. The van der Waals surface area contributed by atoms with Crippen LogP contribution in [0, 0.1) is 0 Å². The molecule has 0 spiro atoms. The smallest absolute Gasteiger partial charge is 0.207 e. The molecule has 1 fully saturated rings. The number of nitrogens with zero attached hydrogens (tertiary/aromatic N) is 4. The Kier molecular flexibility index (Phi) is 3.88. The SMILES string of the molecule is O=S(=O)(c1cccc(C(F)(F)F)c1)N1CCC(n2nccn2)C1. The molecule has 1 aliphatic heterocycles. The maximum atomic E-state index is 12.8. The van der Waals surface area contributed by atoms with Gasteiger partial charge in [-0.15, -0.1) is 0 Å². The Labute approximate surface area is 130 Å². The largest absolute Gasteiger partial charge is 0.416 e. The van der Waals surface area contributed by atoms with Gasteiger partial charge in [-0.05, 0) is 24.6 Å². The summed E-state index contributed by atoms with van der Waals surface area (Å²) in [6.45, 7) is 0.345. The third-order valence-electron chi connectivity index (χ3n) is 3.69. The number of rotatable bonds is 3. The summed E-state index contributed by atoms with van der Waals surface area (Å²) in [5, 5.41) is 7.94. The van der Waals surface area contributed by atoms with Crippen molar-refractivity contribution >= 4 is 10.0 Å². The Morgan fingerprint density at radius 1 is 1.17 bits per heavy atom. The highest BCUT2D eigenvalue weighted by Crippen LogP contribution is 2.32. The summed E-state index contributed by atoms with van der Waals surface area (Å²) in [6.07, 6.45) is -1.10. The third kappa shape index (κ3) is 3.08. The van der Waals surface area contributed by atoms with Crippen molar-refractivity contribution in [3.8, 4) is 0 Å². The first kappa shape index (κ1) is 15.9. The molecule has 23 heavy (non-hydrogen) atoms. The molecule has 6 nitrogen and oxygen atoms in total. The summed E-state index contributed by atoms with van der Waals surface area (Å²) in [4.78, 5) is 1.06. The van der Waals surface area contributed by atoms with Crippen LogP contribution in [0.5, 0.6) is 0 Å². The third-order valence-corrected chi connectivity index (χ3v) is 5.55. The van der Waals surface area contributed by atoms with E-state index in [1.54, 1.807) is 0 Å². The molecule has 0 amide bonds. The second-order valence-electron chi connectivity index (χ2n) is 5.18. The van der Waals surface area contributed by atoms with Crippen LogP contribution in [0.4, 0.5) is 13.2 Å². The molecule has 0 bridgehead atoms. The average Bonchev–Trinajstić information content (AvgIpc) is 3.17. The minimum Gasteiger partial charge on any atom is -0.207 e.